The second-order valence-corrected chi connectivity index (χ2v) is 5.30. The van der Waals surface area contributed by atoms with Crippen LogP contribution in [0.4, 0.5) is 0 Å². The second-order valence-electron chi connectivity index (χ2n) is 5.30. The van der Waals surface area contributed by atoms with E-state index in [1.54, 1.807) is 6.07 Å². The maximum absolute atomic E-state index is 10.8. The minimum absolute atomic E-state index is 0.0725. The summed E-state index contributed by atoms with van der Waals surface area (Å²) >= 11 is 0. The van der Waals surface area contributed by atoms with Crippen LogP contribution in [-0.2, 0) is 18.0 Å². The second kappa shape index (κ2) is 7.02. The Balaban J connectivity index is 1.84. The first-order valence-corrected chi connectivity index (χ1v) is 7.39. The summed E-state index contributed by atoms with van der Waals surface area (Å²) in [7, 11) is 0. The lowest BCUT2D eigenvalue weighted by Crippen LogP contribution is -1.96. The third-order valence-corrected chi connectivity index (χ3v) is 3.54. The van der Waals surface area contributed by atoms with E-state index in [1.807, 2.05) is 30.3 Å². The lowest BCUT2D eigenvalue weighted by Gasteiger charge is -2.11. The van der Waals surface area contributed by atoms with E-state index in [0.29, 0.717) is 29.8 Å². The summed E-state index contributed by atoms with van der Waals surface area (Å²) < 4.78 is 11.1. The van der Waals surface area contributed by atoms with Crippen molar-refractivity contribution in [2.75, 3.05) is 0 Å². The van der Waals surface area contributed by atoms with Crippen molar-refractivity contribution in [3.8, 4) is 22.8 Å². The van der Waals surface area contributed by atoms with Gasteiger partial charge < -0.3 is 19.4 Å². The normalized spacial score (nSPS) is 10.7. The summed E-state index contributed by atoms with van der Waals surface area (Å²) in [6, 6.07) is 15.5. The van der Waals surface area contributed by atoms with Crippen LogP contribution < -0.4 is 0 Å². The predicted molar refractivity (Wildman–Crippen MR) is 87.8 cm³/mol. The molecule has 1 heterocycles. The molecule has 0 saturated heterocycles. The molecule has 2 aromatic carbocycles. The molecule has 1 aromatic heterocycles. The van der Waals surface area contributed by atoms with E-state index in [4.69, 9.17) is 9.15 Å². The van der Waals surface area contributed by atoms with Crippen molar-refractivity contribution in [1.82, 2.24) is 0 Å². The summed E-state index contributed by atoms with van der Waals surface area (Å²) in [4.78, 5) is 10.8. The Hall–Kier alpha value is -3.05. The van der Waals surface area contributed by atoms with Crippen LogP contribution in [0.15, 0.2) is 59.0 Å². The Kier molecular flexibility index (Phi) is 4.63. The standard InChI is InChI=1S/C19H16O5/c20-10-16-6-7-18(24-16)19-14(8-15(21)9-17(19)22)12-23-11-13-4-2-1-3-5-13/h1-10,21-22H,11-12H2. The molecule has 0 unspecified atom stereocenters. The summed E-state index contributed by atoms with van der Waals surface area (Å²) in [6.45, 7) is 0.567. The number of benzene rings is 2. The van der Waals surface area contributed by atoms with Gasteiger partial charge in [0.2, 0.25) is 0 Å². The number of phenolic OH excluding ortho intramolecular Hbond substituents is 2. The van der Waals surface area contributed by atoms with Gasteiger partial charge in [-0.05, 0) is 29.3 Å². The summed E-state index contributed by atoms with van der Waals surface area (Å²) in [5.41, 5.74) is 1.98. The topological polar surface area (TPSA) is 79.9 Å². The van der Waals surface area contributed by atoms with Crippen molar-refractivity contribution in [1.29, 1.82) is 0 Å². The fourth-order valence-electron chi connectivity index (χ4n) is 2.47. The number of aromatic hydroxyl groups is 2. The maximum atomic E-state index is 10.8. The Morgan fingerprint density at radius 1 is 1.00 bits per heavy atom. The average Bonchev–Trinajstić information content (AvgIpc) is 3.04. The van der Waals surface area contributed by atoms with Gasteiger partial charge in [0.15, 0.2) is 12.0 Å². The number of furan rings is 1. The molecule has 5 nitrogen and oxygen atoms in total. The Morgan fingerprint density at radius 3 is 2.50 bits per heavy atom. The van der Waals surface area contributed by atoms with Gasteiger partial charge in [-0.25, -0.2) is 0 Å². The molecule has 24 heavy (non-hydrogen) atoms. The van der Waals surface area contributed by atoms with Crippen LogP contribution in [0.5, 0.6) is 11.5 Å². The zero-order chi connectivity index (χ0) is 16.9. The van der Waals surface area contributed by atoms with E-state index in [1.165, 1.54) is 18.2 Å². The van der Waals surface area contributed by atoms with Crippen LogP contribution in [0.2, 0.25) is 0 Å². The molecule has 2 N–H and O–H groups in total. The zero-order valence-corrected chi connectivity index (χ0v) is 12.8. The van der Waals surface area contributed by atoms with Crippen LogP contribution in [0.25, 0.3) is 11.3 Å². The van der Waals surface area contributed by atoms with Crippen molar-refractivity contribution in [2.24, 2.45) is 0 Å². The van der Waals surface area contributed by atoms with E-state index >= 15 is 0 Å². The Morgan fingerprint density at radius 2 is 1.79 bits per heavy atom. The van der Waals surface area contributed by atoms with E-state index in [0.717, 1.165) is 5.56 Å². The molecule has 0 aliphatic carbocycles. The SMILES string of the molecule is O=Cc1ccc(-c2c(O)cc(O)cc2COCc2ccccc2)o1. The fraction of sp³-hybridized carbons (Fsp3) is 0.105. The molecule has 0 radical (unpaired) electrons. The molecule has 0 fully saturated rings. The number of aldehydes is 1. The van der Waals surface area contributed by atoms with Crippen molar-refractivity contribution in [3.05, 3.63) is 71.5 Å². The third kappa shape index (κ3) is 3.47. The van der Waals surface area contributed by atoms with Gasteiger partial charge in [-0.3, -0.25) is 4.79 Å². The molecular weight excluding hydrogens is 308 g/mol. The molecule has 3 aromatic rings. The highest BCUT2D eigenvalue weighted by Gasteiger charge is 2.16. The highest BCUT2D eigenvalue weighted by atomic mass is 16.5. The molecule has 0 bridgehead atoms. The first kappa shape index (κ1) is 15.8. The molecule has 3 rings (SSSR count). The minimum Gasteiger partial charge on any atom is -0.508 e. The molecule has 0 aliphatic heterocycles. The monoisotopic (exact) mass is 324 g/mol. The lowest BCUT2D eigenvalue weighted by atomic mass is 10.0. The van der Waals surface area contributed by atoms with E-state index in [9.17, 15) is 15.0 Å². The number of rotatable bonds is 6. The van der Waals surface area contributed by atoms with Gasteiger partial charge >= 0.3 is 0 Å². The van der Waals surface area contributed by atoms with Gasteiger partial charge in [-0.2, -0.15) is 0 Å². The number of carbonyl (C=O) groups excluding carboxylic acids is 1. The average molecular weight is 324 g/mol. The highest BCUT2D eigenvalue weighted by molar-refractivity contribution is 5.76. The Labute approximate surface area is 138 Å². The predicted octanol–water partition coefficient (Wildman–Crippen LogP) is 3.89. The van der Waals surface area contributed by atoms with Gasteiger partial charge in [-0.1, -0.05) is 30.3 Å². The van der Waals surface area contributed by atoms with Crippen LogP contribution >= 0.6 is 0 Å². The largest absolute Gasteiger partial charge is 0.508 e. The van der Waals surface area contributed by atoms with Gasteiger partial charge in [0.25, 0.3) is 0 Å². The molecule has 122 valence electrons. The summed E-state index contributed by atoms with van der Waals surface area (Å²) in [5.74, 6) is 0.290. The van der Waals surface area contributed by atoms with Crippen molar-refractivity contribution < 1.29 is 24.2 Å². The van der Waals surface area contributed by atoms with Crippen molar-refractivity contribution >= 4 is 6.29 Å². The maximum Gasteiger partial charge on any atom is 0.185 e. The van der Waals surface area contributed by atoms with Gasteiger partial charge in [0.05, 0.1) is 18.8 Å². The minimum atomic E-state index is -0.139. The van der Waals surface area contributed by atoms with Gasteiger partial charge in [-0.15, -0.1) is 0 Å². The lowest BCUT2D eigenvalue weighted by molar-refractivity contribution is 0.107. The highest BCUT2D eigenvalue weighted by Crippen LogP contribution is 2.37. The fourth-order valence-corrected chi connectivity index (χ4v) is 2.47. The van der Waals surface area contributed by atoms with Crippen LogP contribution in [-0.4, -0.2) is 16.5 Å². The summed E-state index contributed by atoms with van der Waals surface area (Å²) in [6.07, 6.45) is 0.590. The van der Waals surface area contributed by atoms with Crippen LogP contribution in [0, 0.1) is 0 Å². The molecule has 0 atom stereocenters. The number of hydrogen-bond acceptors (Lipinski definition) is 5. The molecule has 0 spiro atoms. The van der Waals surface area contributed by atoms with Crippen molar-refractivity contribution in [3.63, 3.8) is 0 Å². The number of phenols is 2. The molecule has 0 aliphatic rings. The van der Waals surface area contributed by atoms with Crippen LogP contribution in [0.3, 0.4) is 0 Å². The number of hydrogen-bond donors (Lipinski definition) is 2. The smallest absolute Gasteiger partial charge is 0.185 e. The van der Waals surface area contributed by atoms with Gasteiger partial charge in [0, 0.05) is 6.07 Å². The quantitative estimate of drug-likeness (QED) is 0.673. The number of ether oxygens (including phenoxy) is 1. The first-order valence-electron chi connectivity index (χ1n) is 7.39. The van der Waals surface area contributed by atoms with E-state index in [-0.39, 0.29) is 23.9 Å². The zero-order valence-electron chi connectivity index (χ0n) is 12.8. The number of carbonyl (C=O) groups is 1. The van der Waals surface area contributed by atoms with Crippen molar-refractivity contribution in [2.45, 2.75) is 13.2 Å². The van der Waals surface area contributed by atoms with Gasteiger partial charge in [0.1, 0.15) is 17.3 Å². The molecular formula is C19H16O5. The molecule has 5 heteroatoms. The Bertz CT molecular complexity index is 836. The molecule has 0 amide bonds. The van der Waals surface area contributed by atoms with E-state index in [2.05, 4.69) is 0 Å². The third-order valence-electron chi connectivity index (χ3n) is 3.54. The van der Waals surface area contributed by atoms with Crippen LogP contribution in [0.1, 0.15) is 21.7 Å². The summed E-state index contributed by atoms with van der Waals surface area (Å²) in [5, 5.41) is 19.9. The van der Waals surface area contributed by atoms with E-state index < -0.39 is 0 Å². The molecule has 0 saturated carbocycles. The first-order chi connectivity index (χ1) is 11.7.